The third kappa shape index (κ3) is 2.40. The lowest BCUT2D eigenvalue weighted by Gasteiger charge is -2.05. The molecule has 0 unspecified atom stereocenters. The zero-order valence-corrected chi connectivity index (χ0v) is 14.5. The highest BCUT2D eigenvalue weighted by Gasteiger charge is 2.19. The first-order valence-electron chi connectivity index (χ1n) is 8.17. The first-order valence-corrected chi connectivity index (χ1v) is 8.17. The van der Waals surface area contributed by atoms with Gasteiger partial charge in [0.05, 0.1) is 5.56 Å². The van der Waals surface area contributed by atoms with Crippen LogP contribution in [-0.2, 0) is 0 Å². The third-order valence-corrected chi connectivity index (χ3v) is 4.58. The Morgan fingerprint density at radius 3 is 2.46 bits per heavy atom. The van der Waals surface area contributed by atoms with Crippen molar-refractivity contribution >= 4 is 27.7 Å². The van der Waals surface area contributed by atoms with Crippen LogP contribution in [-0.4, -0.2) is 10.9 Å². The highest BCUT2D eigenvalue weighted by molar-refractivity contribution is 6.03. The molecule has 4 aromatic rings. The molecule has 4 rings (SSSR count). The number of aryl methyl sites for hydroxylation is 2. The second-order valence-corrected chi connectivity index (χ2v) is 6.46. The maximum atomic E-state index is 12.0. The zero-order chi connectivity index (χ0) is 18.6. The van der Waals surface area contributed by atoms with Gasteiger partial charge >= 0.3 is 5.63 Å². The number of carbonyl (C=O) groups excluding carboxylic acids is 1. The van der Waals surface area contributed by atoms with Gasteiger partial charge in [0.1, 0.15) is 22.7 Å². The van der Waals surface area contributed by atoms with Crippen LogP contribution >= 0.6 is 0 Å². The van der Waals surface area contributed by atoms with Crippen molar-refractivity contribution in [3.05, 3.63) is 63.5 Å². The SMILES string of the molecule is CC(=O)c1cc2c(C)c(-c3cc(=O)oc4ccc(C)cc34)oc2cc1O. The molecule has 1 N–H and O–H groups in total. The Morgan fingerprint density at radius 2 is 1.73 bits per heavy atom. The maximum Gasteiger partial charge on any atom is 0.336 e. The van der Waals surface area contributed by atoms with Crippen LogP contribution in [0.15, 0.2) is 50.0 Å². The second kappa shape index (κ2) is 5.59. The van der Waals surface area contributed by atoms with Gasteiger partial charge in [-0.2, -0.15) is 0 Å². The molecule has 0 saturated carbocycles. The van der Waals surface area contributed by atoms with E-state index in [1.807, 2.05) is 26.0 Å². The molecular weight excluding hydrogens is 332 g/mol. The summed E-state index contributed by atoms with van der Waals surface area (Å²) in [6.45, 7) is 5.21. The van der Waals surface area contributed by atoms with Crippen molar-refractivity contribution in [2.45, 2.75) is 20.8 Å². The fourth-order valence-electron chi connectivity index (χ4n) is 3.26. The number of Topliss-reactive ketones (excluding diaryl/α,β-unsaturated/α-hetero) is 1. The molecule has 0 spiro atoms. The van der Waals surface area contributed by atoms with Crippen molar-refractivity contribution in [1.82, 2.24) is 0 Å². The van der Waals surface area contributed by atoms with Crippen molar-refractivity contribution in [1.29, 1.82) is 0 Å². The van der Waals surface area contributed by atoms with Crippen LogP contribution in [0.3, 0.4) is 0 Å². The summed E-state index contributed by atoms with van der Waals surface area (Å²) < 4.78 is 11.2. The summed E-state index contributed by atoms with van der Waals surface area (Å²) in [6.07, 6.45) is 0. The van der Waals surface area contributed by atoms with Crippen LogP contribution in [0, 0.1) is 13.8 Å². The molecule has 0 fully saturated rings. The number of carbonyl (C=O) groups is 1. The van der Waals surface area contributed by atoms with Gasteiger partial charge in [-0.05, 0) is 39.0 Å². The molecule has 0 aliphatic carbocycles. The van der Waals surface area contributed by atoms with Crippen molar-refractivity contribution in [3.8, 4) is 17.1 Å². The van der Waals surface area contributed by atoms with Crippen LogP contribution in [0.5, 0.6) is 5.75 Å². The number of benzene rings is 2. The number of fused-ring (bicyclic) bond motifs is 2. The Labute approximate surface area is 148 Å². The van der Waals surface area contributed by atoms with Gasteiger partial charge < -0.3 is 13.9 Å². The summed E-state index contributed by atoms with van der Waals surface area (Å²) in [4.78, 5) is 23.7. The average molecular weight is 348 g/mol. The molecule has 5 nitrogen and oxygen atoms in total. The predicted molar refractivity (Wildman–Crippen MR) is 98.8 cm³/mol. The molecule has 0 atom stereocenters. The fraction of sp³-hybridized carbons (Fsp3) is 0.143. The van der Waals surface area contributed by atoms with E-state index < -0.39 is 5.63 Å². The lowest BCUT2D eigenvalue weighted by Crippen LogP contribution is -1.98. The maximum absolute atomic E-state index is 12.0. The van der Waals surface area contributed by atoms with Gasteiger partial charge in [-0.25, -0.2) is 4.79 Å². The van der Waals surface area contributed by atoms with E-state index in [1.165, 1.54) is 19.1 Å². The van der Waals surface area contributed by atoms with E-state index in [0.29, 0.717) is 22.5 Å². The number of furan rings is 1. The number of ketones is 1. The van der Waals surface area contributed by atoms with Gasteiger partial charge in [-0.15, -0.1) is 0 Å². The number of rotatable bonds is 2. The summed E-state index contributed by atoms with van der Waals surface area (Å²) >= 11 is 0. The van der Waals surface area contributed by atoms with Gasteiger partial charge in [0, 0.05) is 34.0 Å². The Morgan fingerprint density at radius 1 is 0.962 bits per heavy atom. The summed E-state index contributed by atoms with van der Waals surface area (Å²) in [7, 11) is 0. The molecule has 2 aromatic carbocycles. The van der Waals surface area contributed by atoms with Gasteiger partial charge in [-0.3, -0.25) is 4.79 Å². The van der Waals surface area contributed by atoms with Gasteiger partial charge in [0.2, 0.25) is 0 Å². The standard InChI is InChI=1S/C21H16O5/c1-10-4-5-18-15(6-10)16(8-20(24)25-18)21-11(2)13-7-14(12(3)22)17(23)9-19(13)26-21/h4-9,23H,1-3H3. The Kier molecular flexibility index (Phi) is 3.47. The highest BCUT2D eigenvalue weighted by atomic mass is 16.4. The number of phenolic OH excluding ortho intramolecular Hbond substituents is 1. The van der Waals surface area contributed by atoms with Crippen LogP contribution < -0.4 is 5.63 Å². The minimum atomic E-state index is -0.469. The minimum Gasteiger partial charge on any atom is -0.507 e. The van der Waals surface area contributed by atoms with E-state index in [1.54, 1.807) is 12.1 Å². The lowest BCUT2D eigenvalue weighted by atomic mass is 10.0. The number of hydrogen-bond donors (Lipinski definition) is 1. The Balaban J connectivity index is 2.08. The molecule has 2 heterocycles. The van der Waals surface area contributed by atoms with Crippen LogP contribution in [0.4, 0.5) is 0 Å². The van der Waals surface area contributed by atoms with E-state index >= 15 is 0 Å². The van der Waals surface area contributed by atoms with Crippen molar-refractivity contribution < 1.29 is 18.7 Å². The molecule has 0 aliphatic rings. The molecule has 0 amide bonds. The van der Waals surface area contributed by atoms with E-state index in [9.17, 15) is 14.7 Å². The monoisotopic (exact) mass is 348 g/mol. The molecule has 2 aromatic heterocycles. The van der Waals surface area contributed by atoms with Gasteiger partial charge in [-0.1, -0.05) is 11.6 Å². The topological polar surface area (TPSA) is 80.7 Å². The largest absolute Gasteiger partial charge is 0.507 e. The Bertz CT molecular complexity index is 1260. The highest BCUT2D eigenvalue weighted by Crippen LogP contribution is 2.38. The van der Waals surface area contributed by atoms with E-state index in [4.69, 9.17) is 8.83 Å². The first kappa shape index (κ1) is 16.1. The van der Waals surface area contributed by atoms with E-state index in [0.717, 1.165) is 21.9 Å². The number of aromatic hydroxyl groups is 1. The zero-order valence-electron chi connectivity index (χ0n) is 14.5. The molecule has 0 radical (unpaired) electrons. The van der Waals surface area contributed by atoms with E-state index in [2.05, 4.69) is 0 Å². The van der Waals surface area contributed by atoms with Crippen LogP contribution in [0.1, 0.15) is 28.4 Å². The van der Waals surface area contributed by atoms with Gasteiger partial charge in [0.15, 0.2) is 5.78 Å². The molecule has 0 aliphatic heterocycles. The first-order chi connectivity index (χ1) is 12.3. The van der Waals surface area contributed by atoms with Crippen LogP contribution in [0.2, 0.25) is 0 Å². The van der Waals surface area contributed by atoms with Gasteiger partial charge in [0.25, 0.3) is 0 Å². The normalized spacial score (nSPS) is 11.3. The second-order valence-electron chi connectivity index (χ2n) is 6.46. The van der Waals surface area contributed by atoms with Crippen molar-refractivity contribution in [2.24, 2.45) is 0 Å². The molecule has 0 saturated heterocycles. The third-order valence-electron chi connectivity index (χ3n) is 4.58. The summed E-state index contributed by atoms with van der Waals surface area (Å²) in [5, 5.41) is 11.5. The summed E-state index contributed by atoms with van der Waals surface area (Å²) in [5.74, 6) is 0.162. The fourth-order valence-corrected chi connectivity index (χ4v) is 3.26. The molecule has 5 heteroatoms. The quantitative estimate of drug-likeness (QED) is 0.418. The number of hydrogen-bond acceptors (Lipinski definition) is 5. The molecule has 0 bridgehead atoms. The number of phenols is 1. The summed E-state index contributed by atoms with van der Waals surface area (Å²) in [6, 6.07) is 10.0. The Hall–Kier alpha value is -3.34. The van der Waals surface area contributed by atoms with Crippen molar-refractivity contribution in [2.75, 3.05) is 0 Å². The smallest absolute Gasteiger partial charge is 0.336 e. The van der Waals surface area contributed by atoms with E-state index in [-0.39, 0.29) is 17.1 Å². The average Bonchev–Trinajstić information content (AvgIpc) is 2.89. The van der Waals surface area contributed by atoms with Crippen molar-refractivity contribution in [3.63, 3.8) is 0 Å². The lowest BCUT2D eigenvalue weighted by molar-refractivity contribution is 0.101. The van der Waals surface area contributed by atoms with Crippen LogP contribution in [0.25, 0.3) is 33.3 Å². The summed E-state index contributed by atoms with van der Waals surface area (Å²) in [5.41, 5.74) is 3.13. The molecule has 130 valence electrons. The minimum absolute atomic E-state index is 0.126. The predicted octanol–water partition coefficient (Wildman–Crippen LogP) is 4.73. The molecule has 26 heavy (non-hydrogen) atoms. The molecular formula is C21H16O5.